The van der Waals surface area contributed by atoms with Crippen LogP contribution in [-0.2, 0) is 24.2 Å². The molecule has 30 heavy (non-hydrogen) atoms. The number of amides is 1. The van der Waals surface area contributed by atoms with E-state index >= 15 is 0 Å². The molecule has 1 aliphatic carbocycles. The lowest BCUT2D eigenvalue weighted by Gasteiger charge is -2.32. The molecule has 0 bridgehead atoms. The predicted molar refractivity (Wildman–Crippen MR) is 115 cm³/mol. The van der Waals surface area contributed by atoms with Crippen molar-refractivity contribution in [3.63, 3.8) is 0 Å². The quantitative estimate of drug-likeness (QED) is 0.750. The van der Waals surface area contributed by atoms with Crippen molar-refractivity contribution in [2.75, 3.05) is 33.2 Å². The maximum absolute atomic E-state index is 12.6. The zero-order valence-electron chi connectivity index (χ0n) is 17.3. The Morgan fingerprint density at radius 2 is 2.00 bits per heavy atom. The van der Waals surface area contributed by atoms with Crippen molar-refractivity contribution in [1.82, 2.24) is 30.4 Å². The number of aryl methyl sites for hydroxylation is 1. The zero-order chi connectivity index (χ0) is 20.5. The molecule has 2 N–H and O–H groups in total. The lowest BCUT2D eigenvalue weighted by atomic mass is 9.93. The lowest BCUT2D eigenvalue weighted by molar-refractivity contribution is -0.116. The molecule has 8 nitrogen and oxygen atoms in total. The van der Waals surface area contributed by atoms with E-state index in [9.17, 15) is 4.79 Å². The first-order chi connectivity index (χ1) is 14.7. The van der Waals surface area contributed by atoms with Crippen LogP contribution in [0.3, 0.4) is 0 Å². The molecule has 156 valence electrons. The fourth-order valence-electron chi connectivity index (χ4n) is 4.55. The van der Waals surface area contributed by atoms with Gasteiger partial charge in [-0.05, 0) is 62.1 Å². The number of hydrogen-bond donors (Lipinski definition) is 2. The van der Waals surface area contributed by atoms with Crippen LogP contribution in [0.5, 0.6) is 0 Å². The molecule has 2 aliphatic heterocycles. The maximum Gasteiger partial charge on any atom is 0.273 e. The fourth-order valence-corrected chi connectivity index (χ4v) is 4.55. The SMILES string of the molecule is CN1CCN(Cc2c(C=C3C(=O)NN=C3c3cccnn3)[nH]c3c2CCCC3)CC1. The number of hydrazone groups is 1. The van der Waals surface area contributed by atoms with Crippen molar-refractivity contribution in [2.45, 2.75) is 32.2 Å². The summed E-state index contributed by atoms with van der Waals surface area (Å²) in [5.41, 5.74) is 9.41. The summed E-state index contributed by atoms with van der Waals surface area (Å²) in [7, 11) is 2.18. The van der Waals surface area contributed by atoms with Crippen LogP contribution in [0.4, 0.5) is 0 Å². The van der Waals surface area contributed by atoms with Crippen molar-refractivity contribution in [2.24, 2.45) is 5.10 Å². The molecular formula is C22H27N7O. The third kappa shape index (κ3) is 3.68. The summed E-state index contributed by atoms with van der Waals surface area (Å²) in [4.78, 5) is 21.1. The van der Waals surface area contributed by atoms with Gasteiger partial charge >= 0.3 is 0 Å². The van der Waals surface area contributed by atoms with Crippen molar-refractivity contribution >= 4 is 17.7 Å². The topological polar surface area (TPSA) is 89.5 Å². The normalized spacial score (nSPS) is 21.6. The van der Waals surface area contributed by atoms with E-state index in [1.807, 2.05) is 12.1 Å². The van der Waals surface area contributed by atoms with Crippen LogP contribution in [0.2, 0.25) is 0 Å². The molecule has 4 heterocycles. The van der Waals surface area contributed by atoms with Crippen LogP contribution in [-0.4, -0.2) is 69.8 Å². The maximum atomic E-state index is 12.6. The van der Waals surface area contributed by atoms with Gasteiger partial charge in [-0.2, -0.15) is 10.2 Å². The standard InChI is InChI=1S/C22H27N7O/c1-28-9-11-29(12-10-28)14-17-15-5-2-3-6-18(15)24-20(17)13-16-21(26-27-22(16)30)19-7-4-8-23-25-19/h4,7-8,13,24H,2-3,5-6,9-12,14H2,1H3,(H,27,30). The van der Waals surface area contributed by atoms with Crippen LogP contribution in [0.25, 0.3) is 6.08 Å². The van der Waals surface area contributed by atoms with Gasteiger partial charge in [-0.1, -0.05) is 0 Å². The molecule has 0 aromatic carbocycles. The lowest BCUT2D eigenvalue weighted by Crippen LogP contribution is -2.44. The Morgan fingerprint density at radius 3 is 2.80 bits per heavy atom. The second-order valence-electron chi connectivity index (χ2n) is 8.33. The molecule has 0 radical (unpaired) electrons. The molecule has 0 atom stereocenters. The molecule has 1 saturated heterocycles. The van der Waals surface area contributed by atoms with Crippen molar-refractivity contribution < 1.29 is 4.79 Å². The Bertz CT molecular complexity index is 1000. The number of likely N-dealkylation sites (N-methyl/N-ethyl adjacent to an activating group) is 1. The van der Waals surface area contributed by atoms with Gasteiger partial charge in [0, 0.05) is 50.3 Å². The number of carbonyl (C=O) groups is 1. The van der Waals surface area contributed by atoms with Crippen molar-refractivity contribution in [1.29, 1.82) is 0 Å². The Morgan fingerprint density at radius 1 is 1.17 bits per heavy atom. The summed E-state index contributed by atoms with van der Waals surface area (Å²) in [6.07, 6.45) is 8.19. The van der Waals surface area contributed by atoms with Gasteiger partial charge in [0.2, 0.25) is 0 Å². The van der Waals surface area contributed by atoms with Gasteiger partial charge in [-0.3, -0.25) is 9.69 Å². The highest BCUT2D eigenvalue weighted by Crippen LogP contribution is 2.30. The van der Waals surface area contributed by atoms with Crippen molar-refractivity contribution in [3.8, 4) is 0 Å². The zero-order valence-corrected chi connectivity index (χ0v) is 17.3. The van der Waals surface area contributed by atoms with E-state index in [0.29, 0.717) is 17.0 Å². The number of aromatic amines is 1. The molecular weight excluding hydrogens is 378 g/mol. The molecule has 2 aromatic heterocycles. The van der Waals surface area contributed by atoms with Gasteiger partial charge in [0.25, 0.3) is 5.91 Å². The second kappa shape index (κ2) is 8.12. The summed E-state index contributed by atoms with van der Waals surface area (Å²) < 4.78 is 0. The van der Waals surface area contributed by atoms with E-state index in [4.69, 9.17) is 0 Å². The van der Waals surface area contributed by atoms with E-state index in [1.54, 1.807) is 12.3 Å². The summed E-state index contributed by atoms with van der Waals surface area (Å²) in [5, 5.41) is 12.3. The smallest absolute Gasteiger partial charge is 0.273 e. The number of rotatable bonds is 4. The Kier molecular flexibility index (Phi) is 5.18. The van der Waals surface area contributed by atoms with Gasteiger partial charge in [0.05, 0.1) is 5.57 Å². The van der Waals surface area contributed by atoms with Gasteiger partial charge in [-0.15, -0.1) is 5.10 Å². The number of H-pyrrole nitrogens is 1. The largest absolute Gasteiger partial charge is 0.358 e. The summed E-state index contributed by atoms with van der Waals surface area (Å²) in [6, 6.07) is 3.63. The van der Waals surface area contributed by atoms with E-state index in [0.717, 1.165) is 51.3 Å². The predicted octanol–water partition coefficient (Wildman–Crippen LogP) is 1.35. The van der Waals surface area contributed by atoms with Crippen LogP contribution in [0.15, 0.2) is 29.0 Å². The van der Waals surface area contributed by atoms with E-state index in [1.165, 1.54) is 29.7 Å². The van der Waals surface area contributed by atoms with Crippen LogP contribution >= 0.6 is 0 Å². The number of carbonyl (C=O) groups excluding carboxylic acids is 1. The molecule has 1 fully saturated rings. The van der Waals surface area contributed by atoms with Crippen molar-refractivity contribution in [3.05, 3.63) is 52.1 Å². The molecule has 5 rings (SSSR count). The minimum absolute atomic E-state index is 0.200. The number of aromatic nitrogens is 3. The summed E-state index contributed by atoms with van der Waals surface area (Å²) in [6.45, 7) is 5.24. The third-order valence-electron chi connectivity index (χ3n) is 6.29. The monoisotopic (exact) mass is 405 g/mol. The first-order valence-electron chi connectivity index (χ1n) is 10.7. The number of fused-ring (bicyclic) bond motifs is 1. The molecule has 8 heteroatoms. The molecule has 2 aromatic rings. The molecule has 3 aliphatic rings. The van der Waals surface area contributed by atoms with Gasteiger partial charge in [0.15, 0.2) is 0 Å². The molecule has 1 amide bonds. The highest BCUT2D eigenvalue weighted by Gasteiger charge is 2.28. The average molecular weight is 406 g/mol. The Balaban J connectivity index is 1.51. The second-order valence-corrected chi connectivity index (χ2v) is 8.33. The molecule has 0 unspecified atom stereocenters. The van der Waals surface area contributed by atoms with E-state index < -0.39 is 0 Å². The van der Waals surface area contributed by atoms with E-state index in [-0.39, 0.29) is 5.91 Å². The molecule has 0 saturated carbocycles. The highest BCUT2D eigenvalue weighted by molar-refractivity contribution is 6.32. The average Bonchev–Trinajstić information content (AvgIpc) is 3.31. The van der Waals surface area contributed by atoms with Gasteiger partial charge < -0.3 is 9.88 Å². The first-order valence-corrected chi connectivity index (χ1v) is 10.7. The fraction of sp³-hybridized carbons (Fsp3) is 0.455. The highest BCUT2D eigenvalue weighted by atomic mass is 16.2. The number of piperazine rings is 1. The summed E-state index contributed by atoms with van der Waals surface area (Å²) >= 11 is 0. The summed E-state index contributed by atoms with van der Waals surface area (Å²) in [5.74, 6) is -0.200. The third-order valence-corrected chi connectivity index (χ3v) is 6.29. The van der Waals surface area contributed by atoms with Crippen LogP contribution < -0.4 is 5.43 Å². The first kappa shape index (κ1) is 19.1. The number of nitrogens with one attached hydrogen (secondary N) is 2. The van der Waals surface area contributed by atoms with Gasteiger partial charge in [0.1, 0.15) is 11.4 Å². The number of nitrogens with zero attached hydrogens (tertiary/aromatic N) is 5. The number of hydrogen-bond acceptors (Lipinski definition) is 6. The minimum atomic E-state index is -0.200. The Labute approximate surface area is 176 Å². The minimum Gasteiger partial charge on any atom is -0.358 e. The van der Waals surface area contributed by atoms with E-state index in [2.05, 4.69) is 42.6 Å². The Hall–Kier alpha value is -2.84. The van der Waals surface area contributed by atoms with Gasteiger partial charge in [-0.25, -0.2) is 5.43 Å². The van der Waals surface area contributed by atoms with Crippen LogP contribution in [0, 0.1) is 0 Å². The van der Waals surface area contributed by atoms with Crippen LogP contribution in [0.1, 0.15) is 41.1 Å². The molecule has 0 spiro atoms.